The van der Waals surface area contributed by atoms with Crippen molar-refractivity contribution in [3.8, 4) is 11.6 Å². The van der Waals surface area contributed by atoms with Crippen LogP contribution in [0.4, 0.5) is 5.69 Å². The van der Waals surface area contributed by atoms with Crippen LogP contribution in [-0.2, 0) is 0 Å². The molecule has 0 amide bonds. The first-order valence-corrected chi connectivity index (χ1v) is 5.45. The van der Waals surface area contributed by atoms with Crippen LogP contribution in [-0.4, -0.2) is 15.7 Å². The highest BCUT2D eigenvalue weighted by Crippen LogP contribution is 2.22. The molecule has 0 saturated heterocycles. The number of benzene rings is 1. The van der Waals surface area contributed by atoms with E-state index in [2.05, 4.69) is 4.98 Å². The summed E-state index contributed by atoms with van der Waals surface area (Å²) in [5, 5.41) is 10.5. The maximum atomic E-state index is 11.2. The van der Waals surface area contributed by atoms with Gasteiger partial charge in [-0.3, -0.25) is 14.9 Å². The Bertz CT molecular complexity index is 623. The molecule has 0 spiro atoms. The summed E-state index contributed by atoms with van der Waals surface area (Å²) in [6, 6.07) is 8.73. The third kappa shape index (κ3) is 3.12. The van der Waals surface area contributed by atoms with E-state index in [1.807, 2.05) is 0 Å². The first-order valence-electron chi connectivity index (χ1n) is 5.45. The van der Waals surface area contributed by atoms with Crippen LogP contribution in [0.15, 0.2) is 42.6 Å². The van der Waals surface area contributed by atoms with Crippen molar-refractivity contribution in [2.45, 2.75) is 6.92 Å². The van der Waals surface area contributed by atoms with Gasteiger partial charge in [-0.2, -0.15) is 0 Å². The number of non-ortho nitro benzene ring substituents is 1. The van der Waals surface area contributed by atoms with Gasteiger partial charge >= 0.3 is 0 Å². The molecular weight excluding hydrogens is 248 g/mol. The van der Waals surface area contributed by atoms with E-state index in [1.54, 1.807) is 6.07 Å². The highest BCUT2D eigenvalue weighted by atomic mass is 16.6. The average Bonchev–Trinajstić information content (AvgIpc) is 2.39. The second kappa shape index (κ2) is 5.26. The quantitative estimate of drug-likeness (QED) is 0.478. The van der Waals surface area contributed by atoms with E-state index in [9.17, 15) is 14.9 Å². The SMILES string of the molecule is CC(=O)c1ccnc(Oc2ccc([N+](=O)[O-])cc2)c1. The molecule has 0 saturated carbocycles. The third-order valence-electron chi connectivity index (χ3n) is 2.41. The van der Waals surface area contributed by atoms with Crippen molar-refractivity contribution in [2.75, 3.05) is 0 Å². The number of hydrogen-bond acceptors (Lipinski definition) is 5. The Hall–Kier alpha value is -2.76. The lowest BCUT2D eigenvalue weighted by atomic mass is 10.2. The molecule has 0 atom stereocenters. The van der Waals surface area contributed by atoms with Crippen LogP contribution in [0.25, 0.3) is 0 Å². The lowest BCUT2D eigenvalue weighted by Crippen LogP contribution is -1.95. The summed E-state index contributed by atoms with van der Waals surface area (Å²) in [6.45, 7) is 1.45. The molecule has 96 valence electrons. The zero-order valence-electron chi connectivity index (χ0n) is 10.1. The van der Waals surface area contributed by atoms with Crippen molar-refractivity contribution >= 4 is 11.5 Å². The molecule has 0 aliphatic heterocycles. The highest BCUT2D eigenvalue weighted by molar-refractivity contribution is 5.94. The molecule has 6 nitrogen and oxygen atoms in total. The van der Waals surface area contributed by atoms with Crippen molar-refractivity contribution < 1.29 is 14.5 Å². The Morgan fingerprint density at radius 1 is 1.26 bits per heavy atom. The van der Waals surface area contributed by atoms with E-state index in [1.165, 1.54) is 43.5 Å². The molecule has 2 aromatic rings. The van der Waals surface area contributed by atoms with E-state index in [0.717, 1.165) is 0 Å². The van der Waals surface area contributed by atoms with E-state index in [-0.39, 0.29) is 17.4 Å². The molecule has 0 fully saturated rings. The molecule has 0 N–H and O–H groups in total. The smallest absolute Gasteiger partial charge is 0.269 e. The normalized spacial score (nSPS) is 9.95. The van der Waals surface area contributed by atoms with E-state index in [4.69, 9.17) is 4.74 Å². The summed E-state index contributed by atoms with van der Waals surface area (Å²) in [5.41, 5.74) is 0.477. The topological polar surface area (TPSA) is 82.3 Å². The number of Topliss-reactive ketones (excluding diaryl/α,β-unsaturated/α-hetero) is 1. The largest absolute Gasteiger partial charge is 0.439 e. The molecule has 0 aliphatic carbocycles. The predicted molar refractivity (Wildman–Crippen MR) is 67.4 cm³/mol. The van der Waals surface area contributed by atoms with Gasteiger partial charge < -0.3 is 4.74 Å². The van der Waals surface area contributed by atoms with Crippen molar-refractivity contribution in [1.29, 1.82) is 0 Å². The molecule has 1 aromatic carbocycles. The third-order valence-corrected chi connectivity index (χ3v) is 2.41. The van der Waals surface area contributed by atoms with Gasteiger partial charge in [0.05, 0.1) is 4.92 Å². The second-order valence-electron chi connectivity index (χ2n) is 3.79. The Morgan fingerprint density at radius 2 is 1.95 bits per heavy atom. The van der Waals surface area contributed by atoms with Gasteiger partial charge in [0, 0.05) is 30.0 Å². The van der Waals surface area contributed by atoms with Gasteiger partial charge in [0.15, 0.2) is 5.78 Å². The number of ether oxygens (including phenoxy) is 1. The molecule has 0 unspecified atom stereocenters. The molecular formula is C13H10N2O4. The number of carbonyl (C=O) groups is 1. The fourth-order valence-electron chi connectivity index (χ4n) is 1.44. The zero-order chi connectivity index (χ0) is 13.8. The molecule has 2 rings (SSSR count). The highest BCUT2D eigenvalue weighted by Gasteiger charge is 2.07. The van der Waals surface area contributed by atoms with Gasteiger partial charge in [0.2, 0.25) is 5.88 Å². The Kier molecular flexibility index (Phi) is 3.51. The standard InChI is InChI=1S/C13H10N2O4/c1-9(16)10-6-7-14-13(8-10)19-12-4-2-11(3-5-12)15(17)18/h2-8H,1H3. The predicted octanol–water partition coefficient (Wildman–Crippen LogP) is 2.98. The van der Waals surface area contributed by atoms with Crippen LogP contribution in [0.1, 0.15) is 17.3 Å². The van der Waals surface area contributed by atoms with Gasteiger partial charge in [0.1, 0.15) is 5.75 Å². The van der Waals surface area contributed by atoms with Gasteiger partial charge in [-0.1, -0.05) is 0 Å². The van der Waals surface area contributed by atoms with E-state index >= 15 is 0 Å². The first-order chi connectivity index (χ1) is 9.06. The van der Waals surface area contributed by atoms with Gasteiger partial charge in [-0.25, -0.2) is 4.98 Å². The number of nitrogens with zero attached hydrogens (tertiary/aromatic N) is 2. The zero-order valence-corrected chi connectivity index (χ0v) is 10.1. The Morgan fingerprint density at radius 3 is 2.53 bits per heavy atom. The lowest BCUT2D eigenvalue weighted by Gasteiger charge is -2.05. The number of nitro groups is 1. The maximum Gasteiger partial charge on any atom is 0.269 e. The minimum Gasteiger partial charge on any atom is -0.439 e. The Balaban J connectivity index is 2.19. The van der Waals surface area contributed by atoms with Crippen LogP contribution < -0.4 is 4.74 Å². The van der Waals surface area contributed by atoms with Crippen LogP contribution in [0, 0.1) is 10.1 Å². The number of ketones is 1. The summed E-state index contributed by atoms with van der Waals surface area (Å²) in [7, 11) is 0. The van der Waals surface area contributed by atoms with Crippen LogP contribution in [0.3, 0.4) is 0 Å². The fraction of sp³-hybridized carbons (Fsp3) is 0.0769. The molecule has 0 radical (unpaired) electrons. The fourth-order valence-corrected chi connectivity index (χ4v) is 1.44. The summed E-state index contributed by atoms with van der Waals surface area (Å²) in [6.07, 6.45) is 1.47. The minimum atomic E-state index is -0.488. The summed E-state index contributed by atoms with van der Waals surface area (Å²) < 4.78 is 5.42. The van der Waals surface area contributed by atoms with Crippen molar-refractivity contribution in [3.05, 3.63) is 58.3 Å². The molecule has 0 aliphatic rings. The maximum absolute atomic E-state index is 11.2. The van der Waals surface area contributed by atoms with Crippen molar-refractivity contribution in [2.24, 2.45) is 0 Å². The average molecular weight is 258 g/mol. The monoisotopic (exact) mass is 258 g/mol. The van der Waals surface area contributed by atoms with Crippen LogP contribution in [0.5, 0.6) is 11.6 Å². The molecule has 0 bridgehead atoms. The summed E-state index contributed by atoms with van der Waals surface area (Å²) in [4.78, 5) is 25.2. The molecule has 19 heavy (non-hydrogen) atoms. The minimum absolute atomic E-state index is 0.0159. The summed E-state index contributed by atoms with van der Waals surface area (Å²) in [5.74, 6) is 0.594. The summed E-state index contributed by atoms with van der Waals surface area (Å²) >= 11 is 0. The Labute approximate surface area is 108 Å². The number of aromatic nitrogens is 1. The number of hydrogen-bond donors (Lipinski definition) is 0. The lowest BCUT2D eigenvalue weighted by molar-refractivity contribution is -0.384. The van der Waals surface area contributed by atoms with Crippen LogP contribution in [0.2, 0.25) is 0 Å². The van der Waals surface area contributed by atoms with E-state index in [0.29, 0.717) is 11.3 Å². The number of pyridine rings is 1. The molecule has 1 aromatic heterocycles. The molecule has 1 heterocycles. The van der Waals surface area contributed by atoms with Gasteiger partial charge in [-0.05, 0) is 25.1 Å². The second-order valence-corrected chi connectivity index (χ2v) is 3.79. The van der Waals surface area contributed by atoms with E-state index < -0.39 is 4.92 Å². The first kappa shape index (κ1) is 12.7. The van der Waals surface area contributed by atoms with Crippen LogP contribution >= 0.6 is 0 Å². The number of nitro benzene ring substituents is 1. The van der Waals surface area contributed by atoms with Crippen molar-refractivity contribution in [3.63, 3.8) is 0 Å². The van der Waals surface area contributed by atoms with Crippen molar-refractivity contribution in [1.82, 2.24) is 4.98 Å². The number of rotatable bonds is 4. The molecule has 6 heteroatoms. The number of carbonyl (C=O) groups excluding carboxylic acids is 1. The van der Waals surface area contributed by atoms with Gasteiger partial charge in [0.25, 0.3) is 5.69 Å². The van der Waals surface area contributed by atoms with Gasteiger partial charge in [-0.15, -0.1) is 0 Å².